The molecule has 0 aliphatic heterocycles. The van der Waals surface area contributed by atoms with Crippen molar-refractivity contribution in [2.45, 2.75) is 6.92 Å². The van der Waals surface area contributed by atoms with Crippen LogP contribution in [0, 0.1) is 17.2 Å². The molecule has 1 N–H and O–H groups in total. The molecule has 1 unspecified atom stereocenters. The number of anilines is 1. The quantitative estimate of drug-likeness (QED) is 0.761. The normalized spacial score (nSPS) is 11.2. The number of hydrogen-bond donors (Lipinski definition) is 1. The molecule has 0 fully saturated rings. The second kappa shape index (κ2) is 4.97. The van der Waals surface area contributed by atoms with Gasteiger partial charge in [-0.15, -0.1) is 0 Å². The van der Waals surface area contributed by atoms with Crippen molar-refractivity contribution < 1.29 is 4.79 Å². The summed E-state index contributed by atoms with van der Waals surface area (Å²) in [5, 5.41) is 11.3. The number of amides is 1. The van der Waals surface area contributed by atoms with Gasteiger partial charge < -0.3 is 5.32 Å². The minimum absolute atomic E-state index is 0.215. The molecule has 0 spiro atoms. The first-order valence-electron chi connectivity index (χ1n) is 4.60. The topological polar surface area (TPSA) is 52.9 Å². The molecule has 1 amide bonds. The Morgan fingerprint density at radius 3 is 2.60 bits per heavy atom. The predicted molar refractivity (Wildman–Crippen MR) is 59.0 cm³/mol. The SMILES string of the molecule is C=C(C#N)C(C)C(=O)Nc1ccccc1. The van der Waals surface area contributed by atoms with Crippen molar-refractivity contribution in [2.75, 3.05) is 5.32 Å². The highest BCUT2D eigenvalue weighted by molar-refractivity contribution is 5.94. The molecule has 1 aromatic rings. The molecule has 15 heavy (non-hydrogen) atoms. The summed E-state index contributed by atoms with van der Waals surface area (Å²) in [5.41, 5.74) is 0.989. The van der Waals surface area contributed by atoms with E-state index in [4.69, 9.17) is 5.26 Å². The van der Waals surface area contributed by atoms with Crippen LogP contribution in [0.4, 0.5) is 5.69 Å². The van der Waals surface area contributed by atoms with Gasteiger partial charge in [0.05, 0.1) is 12.0 Å². The van der Waals surface area contributed by atoms with Gasteiger partial charge in [-0.2, -0.15) is 5.26 Å². The van der Waals surface area contributed by atoms with E-state index in [0.29, 0.717) is 0 Å². The van der Waals surface area contributed by atoms with E-state index in [-0.39, 0.29) is 11.5 Å². The van der Waals surface area contributed by atoms with Crippen LogP contribution in [0.2, 0.25) is 0 Å². The van der Waals surface area contributed by atoms with Crippen LogP contribution in [-0.4, -0.2) is 5.91 Å². The van der Waals surface area contributed by atoms with Crippen molar-refractivity contribution in [3.8, 4) is 6.07 Å². The third kappa shape index (κ3) is 2.96. The Hall–Kier alpha value is -2.08. The lowest BCUT2D eigenvalue weighted by atomic mass is 10.0. The van der Waals surface area contributed by atoms with E-state index in [9.17, 15) is 4.79 Å². The third-order valence-electron chi connectivity index (χ3n) is 2.10. The lowest BCUT2D eigenvalue weighted by Crippen LogP contribution is -2.21. The second-order valence-electron chi connectivity index (χ2n) is 3.21. The molecule has 0 radical (unpaired) electrons. The first-order valence-corrected chi connectivity index (χ1v) is 4.60. The van der Waals surface area contributed by atoms with Crippen LogP contribution >= 0.6 is 0 Å². The van der Waals surface area contributed by atoms with E-state index in [1.165, 1.54) is 0 Å². The van der Waals surface area contributed by atoms with Gasteiger partial charge in [0.1, 0.15) is 0 Å². The van der Waals surface area contributed by atoms with Crippen LogP contribution in [-0.2, 0) is 4.79 Å². The van der Waals surface area contributed by atoms with Crippen molar-refractivity contribution in [1.29, 1.82) is 5.26 Å². The van der Waals surface area contributed by atoms with Gasteiger partial charge in [0.2, 0.25) is 5.91 Å². The van der Waals surface area contributed by atoms with Crippen molar-refractivity contribution >= 4 is 11.6 Å². The fourth-order valence-electron chi connectivity index (χ4n) is 1.03. The van der Waals surface area contributed by atoms with E-state index in [1.807, 2.05) is 24.3 Å². The van der Waals surface area contributed by atoms with Crippen LogP contribution in [0.1, 0.15) is 6.92 Å². The molecule has 3 heteroatoms. The number of benzene rings is 1. The fourth-order valence-corrected chi connectivity index (χ4v) is 1.03. The van der Waals surface area contributed by atoms with Crippen LogP contribution in [0.5, 0.6) is 0 Å². The maximum absolute atomic E-state index is 11.6. The van der Waals surface area contributed by atoms with Gasteiger partial charge in [0.15, 0.2) is 0 Å². The molecule has 0 aliphatic carbocycles. The third-order valence-corrected chi connectivity index (χ3v) is 2.10. The predicted octanol–water partition coefficient (Wildman–Crippen LogP) is 2.34. The van der Waals surface area contributed by atoms with Crippen LogP contribution in [0.3, 0.4) is 0 Å². The lowest BCUT2D eigenvalue weighted by Gasteiger charge is -2.09. The number of nitriles is 1. The largest absolute Gasteiger partial charge is 0.326 e. The zero-order valence-electron chi connectivity index (χ0n) is 8.53. The molecule has 1 rings (SSSR count). The fraction of sp³-hybridized carbons (Fsp3) is 0.167. The molecule has 1 atom stereocenters. The van der Waals surface area contributed by atoms with E-state index in [0.717, 1.165) is 5.69 Å². The Balaban J connectivity index is 2.65. The number of nitrogens with one attached hydrogen (secondary N) is 1. The highest BCUT2D eigenvalue weighted by atomic mass is 16.1. The van der Waals surface area contributed by atoms with Crippen LogP contribution < -0.4 is 5.32 Å². The van der Waals surface area contributed by atoms with Gasteiger partial charge in [-0.25, -0.2) is 0 Å². The highest BCUT2D eigenvalue weighted by Gasteiger charge is 2.15. The Morgan fingerprint density at radius 1 is 1.47 bits per heavy atom. The summed E-state index contributed by atoms with van der Waals surface area (Å²) in [5.74, 6) is -0.706. The Kier molecular flexibility index (Phi) is 3.64. The first kappa shape index (κ1) is 11.0. The van der Waals surface area contributed by atoms with Crippen LogP contribution in [0.15, 0.2) is 42.5 Å². The molecular weight excluding hydrogens is 188 g/mol. The monoisotopic (exact) mass is 200 g/mol. The zero-order valence-corrected chi connectivity index (χ0v) is 8.53. The number of carbonyl (C=O) groups is 1. The van der Waals surface area contributed by atoms with Gasteiger partial charge >= 0.3 is 0 Å². The summed E-state index contributed by atoms with van der Waals surface area (Å²) in [6, 6.07) is 11.0. The average molecular weight is 200 g/mol. The van der Waals surface area contributed by atoms with E-state index >= 15 is 0 Å². The van der Waals surface area contributed by atoms with E-state index in [2.05, 4.69) is 11.9 Å². The summed E-state index contributed by atoms with van der Waals surface area (Å²) in [4.78, 5) is 11.6. The molecule has 3 nitrogen and oxygen atoms in total. The maximum atomic E-state index is 11.6. The van der Waals surface area contributed by atoms with Crippen LogP contribution in [0.25, 0.3) is 0 Å². The standard InChI is InChI=1S/C12H12N2O/c1-9(8-13)10(2)12(15)14-11-6-4-3-5-7-11/h3-7,10H,1H2,2H3,(H,14,15). The molecular formula is C12H12N2O. The molecule has 0 saturated heterocycles. The summed E-state index contributed by atoms with van der Waals surface area (Å²) >= 11 is 0. The van der Waals surface area contributed by atoms with Crippen molar-refractivity contribution in [3.05, 3.63) is 42.5 Å². The number of para-hydroxylation sites is 1. The Bertz CT molecular complexity index is 403. The molecule has 0 saturated carbocycles. The molecule has 0 aliphatic rings. The number of nitrogens with zero attached hydrogens (tertiary/aromatic N) is 1. The average Bonchev–Trinajstić information content (AvgIpc) is 2.28. The lowest BCUT2D eigenvalue weighted by molar-refractivity contribution is -0.118. The maximum Gasteiger partial charge on any atom is 0.232 e. The minimum atomic E-state index is -0.491. The molecule has 0 bridgehead atoms. The zero-order chi connectivity index (χ0) is 11.3. The van der Waals surface area contributed by atoms with E-state index < -0.39 is 5.92 Å². The van der Waals surface area contributed by atoms with Gasteiger partial charge in [-0.1, -0.05) is 24.8 Å². The summed E-state index contributed by atoms with van der Waals surface area (Å²) in [7, 11) is 0. The van der Waals surface area contributed by atoms with E-state index in [1.54, 1.807) is 19.1 Å². The van der Waals surface area contributed by atoms with Crippen molar-refractivity contribution in [1.82, 2.24) is 0 Å². The van der Waals surface area contributed by atoms with Crippen molar-refractivity contribution in [2.24, 2.45) is 5.92 Å². The van der Waals surface area contributed by atoms with Gasteiger partial charge in [-0.3, -0.25) is 4.79 Å². The summed E-state index contributed by atoms with van der Waals surface area (Å²) in [6.07, 6.45) is 0. The number of hydrogen-bond acceptors (Lipinski definition) is 2. The minimum Gasteiger partial charge on any atom is -0.326 e. The number of rotatable bonds is 3. The molecule has 76 valence electrons. The number of carbonyl (C=O) groups excluding carboxylic acids is 1. The van der Waals surface area contributed by atoms with Gasteiger partial charge in [-0.05, 0) is 19.1 Å². The first-order chi connectivity index (χ1) is 7.15. The Morgan fingerprint density at radius 2 is 2.07 bits per heavy atom. The highest BCUT2D eigenvalue weighted by Crippen LogP contribution is 2.11. The second-order valence-corrected chi connectivity index (χ2v) is 3.21. The molecule has 0 heterocycles. The summed E-state index contributed by atoms with van der Waals surface area (Å²) < 4.78 is 0. The Labute approximate surface area is 89.0 Å². The van der Waals surface area contributed by atoms with Gasteiger partial charge in [0.25, 0.3) is 0 Å². The van der Waals surface area contributed by atoms with Gasteiger partial charge in [0, 0.05) is 11.3 Å². The smallest absolute Gasteiger partial charge is 0.232 e. The molecule has 1 aromatic carbocycles. The van der Waals surface area contributed by atoms with Crippen molar-refractivity contribution in [3.63, 3.8) is 0 Å². The molecule has 0 aromatic heterocycles. The summed E-state index contributed by atoms with van der Waals surface area (Å²) in [6.45, 7) is 5.17.